The van der Waals surface area contributed by atoms with Gasteiger partial charge in [0.2, 0.25) is 5.91 Å². The molecule has 1 aromatic heterocycles. The van der Waals surface area contributed by atoms with Crippen LogP contribution < -0.4 is 25.3 Å². The Bertz CT molecular complexity index is 1350. The van der Waals surface area contributed by atoms with E-state index in [0.29, 0.717) is 47.4 Å². The fourth-order valence-electron chi connectivity index (χ4n) is 4.62. The number of hydrogen-bond donors (Lipinski definition) is 2. The predicted molar refractivity (Wildman–Crippen MR) is 149 cm³/mol. The molecule has 2 fully saturated rings. The van der Waals surface area contributed by atoms with Crippen molar-refractivity contribution in [1.82, 2.24) is 9.97 Å². The maximum absolute atomic E-state index is 13.9. The molecule has 2 N–H and O–H groups in total. The Kier molecular flexibility index (Phi) is 8.13. The summed E-state index contributed by atoms with van der Waals surface area (Å²) in [6.45, 7) is 5.62. The van der Waals surface area contributed by atoms with Gasteiger partial charge in [-0.2, -0.15) is 11.8 Å². The zero-order valence-corrected chi connectivity index (χ0v) is 22.1. The average Bonchev–Trinajstić information content (AvgIpc) is 3.44. The summed E-state index contributed by atoms with van der Waals surface area (Å²) in [5, 5.41) is 7.68. The summed E-state index contributed by atoms with van der Waals surface area (Å²) < 4.78 is 33.5. The van der Waals surface area contributed by atoms with Gasteiger partial charge in [0, 0.05) is 49.2 Å². The third-order valence-electron chi connectivity index (χ3n) is 6.43. The molecule has 3 aromatic rings. The number of anilines is 5. The highest BCUT2D eigenvalue weighted by molar-refractivity contribution is 7.99. The van der Waals surface area contributed by atoms with E-state index in [9.17, 15) is 13.6 Å². The summed E-state index contributed by atoms with van der Waals surface area (Å²) in [7, 11) is 1.57. The van der Waals surface area contributed by atoms with Crippen LogP contribution in [0.2, 0.25) is 0 Å². The monoisotopic (exact) mass is 554 g/mol. The van der Waals surface area contributed by atoms with Crippen LogP contribution in [0.5, 0.6) is 5.75 Å². The number of rotatable bonds is 8. The summed E-state index contributed by atoms with van der Waals surface area (Å²) in [6, 6.07) is 8.36. The zero-order valence-electron chi connectivity index (χ0n) is 21.3. The Hall–Kier alpha value is -3.90. The smallest absolute Gasteiger partial charge is 0.247 e. The van der Waals surface area contributed by atoms with E-state index in [1.807, 2.05) is 17.8 Å². The minimum atomic E-state index is -0.653. The number of hydrogen-bond acceptors (Lipinski definition) is 9. The molecule has 1 amide bonds. The van der Waals surface area contributed by atoms with Crippen LogP contribution in [-0.2, 0) is 9.63 Å². The molecule has 0 aliphatic carbocycles. The lowest BCUT2D eigenvalue weighted by atomic mass is 10.0. The number of benzene rings is 2. The molecule has 2 aromatic carbocycles. The molecule has 1 atom stereocenters. The fourth-order valence-corrected chi connectivity index (χ4v) is 5.53. The fraction of sp³-hybridized carbons (Fsp3) is 0.296. The normalized spacial score (nSPS) is 17.2. The van der Waals surface area contributed by atoms with Crippen LogP contribution in [0.25, 0.3) is 0 Å². The summed E-state index contributed by atoms with van der Waals surface area (Å²) >= 11 is 1.89. The van der Waals surface area contributed by atoms with Crippen LogP contribution in [0.1, 0.15) is 18.0 Å². The summed E-state index contributed by atoms with van der Waals surface area (Å²) in [6.07, 6.45) is 3.13. The van der Waals surface area contributed by atoms with Gasteiger partial charge in [-0.05, 0) is 29.8 Å². The lowest BCUT2D eigenvalue weighted by molar-refractivity contribution is -0.111. The Morgan fingerprint density at radius 2 is 1.90 bits per heavy atom. The zero-order chi connectivity index (χ0) is 27.4. The number of nitrogens with zero attached hydrogens (tertiary/aromatic N) is 4. The second kappa shape index (κ2) is 11.9. The lowest BCUT2D eigenvalue weighted by Crippen LogP contribution is -2.33. The van der Waals surface area contributed by atoms with E-state index in [4.69, 9.17) is 9.57 Å². The molecule has 5 rings (SSSR count). The van der Waals surface area contributed by atoms with Crippen molar-refractivity contribution in [2.24, 2.45) is 0 Å². The molecular formula is C27H28F2N6O3S. The van der Waals surface area contributed by atoms with Gasteiger partial charge < -0.3 is 20.3 Å². The molecule has 2 saturated heterocycles. The molecule has 12 heteroatoms. The lowest BCUT2D eigenvalue weighted by Gasteiger charge is -2.31. The third-order valence-corrected chi connectivity index (χ3v) is 7.37. The largest absolute Gasteiger partial charge is 0.494 e. The van der Waals surface area contributed by atoms with Gasteiger partial charge in [-0.1, -0.05) is 6.58 Å². The topological polar surface area (TPSA) is 91.9 Å². The summed E-state index contributed by atoms with van der Waals surface area (Å²) in [5.74, 6) is 1.76. The molecule has 0 bridgehead atoms. The molecule has 3 heterocycles. The van der Waals surface area contributed by atoms with Crippen LogP contribution in [0, 0.1) is 11.6 Å². The minimum Gasteiger partial charge on any atom is -0.494 e. The number of nitrogens with one attached hydrogen (secondary N) is 2. The standard InChI is InChI=1S/C27H28F2N6O3S/c1-3-27(36)33-20-13-21(24(37-2)14-23(20)34-5-8-39-9-6-34)32-25-15-26(31-16-30-25)35-22(4-7-38-35)17-10-18(28)12-19(29)11-17/h3,10-16,22H,1,4-9H2,2H3,(H,33,36)(H,30,31,32)/t22-/m1/s1. The van der Waals surface area contributed by atoms with Crippen molar-refractivity contribution in [3.63, 3.8) is 0 Å². The number of ether oxygens (including phenoxy) is 1. The highest BCUT2D eigenvalue weighted by atomic mass is 32.2. The van der Waals surface area contributed by atoms with Crippen molar-refractivity contribution in [2.75, 3.05) is 58.9 Å². The van der Waals surface area contributed by atoms with Crippen LogP contribution in [0.4, 0.5) is 37.5 Å². The molecule has 0 unspecified atom stereocenters. The van der Waals surface area contributed by atoms with Crippen molar-refractivity contribution in [3.8, 4) is 5.75 Å². The van der Waals surface area contributed by atoms with E-state index in [2.05, 4.69) is 32.1 Å². The van der Waals surface area contributed by atoms with E-state index < -0.39 is 17.7 Å². The molecule has 0 saturated carbocycles. The number of thioether (sulfide) groups is 1. The number of halogens is 2. The van der Waals surface area contributed by atoms with Gasteiger partial charge in [0.15, 0.2) is 5.82 Å². The first-order valence-electron chi connectivity index (χ1n) is 12.4. The molecular weight excluding hydrogens is 526 g/mol. The number of methoxy groups -OCH3 is 1. The quantitative estimate of drug-likeness (QED) is 0.371. The molecule has 9 nitrogen and oxygen atoms in total. The van der Waals surface area contributed by atoms with Crippen LogP contribution >= 0.6 is 11.8 Å². The number of carbonyl (C=O) groups is 1. The average molecular weight is 555 g/mol. The molecule has 2 aliphatic heterocycles. The number of carbonyl (C=O) groups excluding carboxylic acids is 1. The van der Waals surface area contributed by atoms with E-state index in [1.54, 1.807) is 19.2 Å². The molecule has 39 heavy (non-hydrogen) atoms. The first kappa shape index (κ1) is 26.7. The van der Waals surface area contributed by atoms with Crippen molar-refractivity contribution in [1.29, 1.82) is 0 Å². The van der Waals surface area contributed by atoms with Crippen molar-refractivity contribution < 1.29 is 23.1 Å². The predicted octanol–water partition coefficient (Wildman–Crippen LogP) is 5.07. The number of amides is 1. The van der Waals surface area contributed by atoms with E-state index in [-0.39, 0.29) is 5.91 Å². The molecule has 0 spiro atoms. The Morgan fingerprint density at radius 3 is 2.62 bits per heavy atom. The highest BCUT2D eigenvalue weighted by Gasteiger charge is 2.30. The van der Waals surface area contributed by atoms with Crippen molar-refractivity contribution in [3.05, 3.63) is 72.6 Å². The Labute approximate surface area is 229 Å². The minimum absolute atomic E-state index is 0.325. The van der Waals surface area contributed by atoms with Gasteiger partial charge in [0.05, 0.1) is 36.8 Å². The van der Waals surface area contributed by atoms with Gasteiger partial charge in [-0.25, -0.2) is 23.8 Å². The Balaban J connectivity index is 1.45. The van der Waals surface area contributed by atoms with E-state index in [0.717, 1.165) is 36.3 Å². The highest BCUT2D eigenvalue weighted by Crippen LogP contribution is 2.40. The van der Waals surface area contributed by atoms with Crippen LogP contribution in [-0.4, -0.2) is 54.2 Å². The van der Waals surface area contributed by atoms with Crippen LogP contribution in [0.3, 0.4) is 0 Å². The maximum Gasteiger partial charge on any atom is 0.247 e. The maximum atomic E-state index is 13.9. The molecule has 204 valence electrons. The van der Waals surface area contributed by atoms with E-state index in [1.165, 1.54) is 29.6 Å². The summed E-state index contributed by atoms with van der Waals surface area (Å²) in [4.78, 5) is 28.9. The van der Waals surface area contributed by atoms with Crippen molar-refractivity contribution in [2.45, 2.75) is 12.5 Å². The van der Waals surface area contributed by atoms with Gasteiger partial charge in [0.1, 0.15) is 29.5 Å². The van der Waals surface area contributed by atoms with Crippen LogP contribution in [0.15, 0.2) is 55.4 Å². The first-order valence-corrected chi connectivity index (χ1v) is 13.6. The van der Waals surface area contributed by atoms with E-state index >= 15 is 0 Å². The number of hydroxylamine groups is 1. The van der Waals surface area contributed by atoms with Gasteiger partial charge in [-0.15, -0.1) is 0 Å². The van der Waals surface area contributed by atoms with Gasteiger partial charge >= 0.3 is 0 Å². The van der Waals surface area contributed by atoms with Gasteiger partial charge in [0.25, 0.3) is 0 Å². The SMILES string of the molecule is C=CC(=O)Nc1cc(Nc2cc(N3OCC[C@@H]3c3cc(F)cc(F)c3)ncn2)c(OC)cc1N1CCSCC1. The third kappa shape index (κ3) is 6.07. The van der Waals surface area contributed by atoms with Crippen molar-refractivity contribution >= 4 is 46.4 Å². The first-order chi connectivity index (χ1) is 18.9. The van der Waals surface area contributed by atoms with Gasteiger partial charge in [-0.3, -0.25) is 9.63 Å². The Morgan fingerprint density at radius 1 is 1.13 bits per heavy atom. The second-order valence-corrected chi connectivity index (χ2v) is 10.1. The summed E-state index contributed by atoms with van der Waals surface area (Å²) in [5.41, 5.74) is 2.49. The number of aromatic nitrogens is 2. The molecule has 2 aliphatic rings. The molecule has 0 radical (unpaired) electrons. The second-order valence-electron chi connectivity index (χ2n) is 8.92.